The second-order valence-corrected chi connectivity index (χ2v) is 5.06. The zero-order valence-corrected chi connectivity index (χ0v) is 11.1. The van der Waals surface area contributed by atoms with Crippen LogP contribution in [0.1, 0.15) is 24.8 Å². The van der Waals surface area contributed by atoms with Gasteiger partial charge in [-0.3, -0.25) is 4.79 Å². The fraction of sp³-hybridized carbons (Fsp3) is 0.438. The Morgan fingerprint density at radius 2 is 2.11 bits per heavy atom. The van der Waals surface area contributed by atoms with E-state index in [2.05, 4.69) is 17.5 Å². The molecule has 102 valence electrons. The summed E-state index contributed by atoms with van der Waals surface area (Å²) in [7, 11) is 0. The van der Waals surface area contributed by atoms with Crippen LogP contribution in [0.15, 0.2) is 42.5 Å². The molecule has 0 fully saturated rings. The van der Waals surface area contributed by atoms with Crippen molar-refractivity contribution in [1.82, 2.24) is 5.32 Å². The quantitative estimate of drug-likeness (QED) is 0.795. The van der Waals surface area contributed by atoms with E-state index in [1.807, 2.05) is 30.3 Å². The van der Waals surface area contributed by atoms with Gasteiger partial charge in [-0.2, -0.15) is 0 Å². The molecule has 0 saturated heterocycles. The first kappa shape index (κ1) is 13.8. The molecule has 0 bridgehead atoms. The summed E-state index contributed by atoms with van der Waals surface area (Å²) in [6, 6.07) is 9.73. The van der Waals surface area contributed by atoms with Crippen LogP contribution in [0.25, 0.3) is 0 Å². The summed E-state index contributed by atoms with van der Waals surface area (Å²) in [5.74, 6) is 0.133. The molecule has 2 unspecified atom stereocenters. The lowest BCUT2D eigenvalue weighted by molar-refractivity contribution is -0.126. The van der Waals surface area contributed by atoms with Crippen molar-refractivity contribution in [2.24, 2.45) is 5.92 Å². The molecule has 3 heteroatoms. The smallest absolute Gasteiger partial charge is 0.223 e. The van der Waals surface area contributed by atoms with E-state index in [9.17, 15) is 9.90 Å². The Balaban J connectivity index is 1.88. The van der Waals surface area contributed by atoms with E-state index in [0.717, 1.165) is 24.8 Å². The van der Waals surface area contributed by atoms with Gasteiger partial charge in [0.05, 0.1) is 12.6 Å². The van der Waals surface area contributed by atoms with E-state index in [0.29, 0.717) is 6.42 Å². The second-order valence-electron chi connectivity index (χ2n) is 5.06. The zero-order chi connectivity index (χ0) is 13.5. The minimum atomic E-state index is -0.194. The van der Waals surface area contributed by atoms with E-state index in [4.69, 9.17) is 0 Å². The summed E-state index contributed by atoms with van der Waals surface area (Å²) >= 11 is 0. The van der Waals surface area contributed by atoms with E-state index >= 15 is 0 Å². The predicted octanol–water partition coefficient (Wildman–Crippen LogP) is 2.06. The van der Waals surface area contributed by atoms with E-state index in [1.54, 1.807) is 0 Å². The molecular formula is C16H21NO2. The highest BCUT2D eigenvalue weighted by molar-refractivity contribution is 5.79. The third kappa shape index (κ3) is 4.21. The van der Waals surface area contributed by atoms with Crippen molar-refractivity contribution < 1.29 is 9.90 Å². The largest absolute Gasteiger partial charge is 0.394 e. The van der Waals surface area contributed by atoms with Gasteiger partial charge >= 0.3 is 0 Å². The molecule has 2 atom stereocenters. The molecule has 19 heavy (non-hydrogen) atoms. The van der Waals surface area contributed by atoms with Gasteiger partial charge in [0, 0.05) is 5.92 Å². The highest BCUT2D eigenvalue weighted by Crippen LogP contribution is 2.18. The molecule has 0 spiro atoms. The van der Waals surface area contributed by atoms with Gasteiger partial charge in [0.1, 0.15) is 0 Å². The normalized spacial score (nSPS) is 19.9. The SMILES string of the molecule is O=C(NC(CO)Cc1ccccc1)C1CC=CCC1. The summed E-state index contributed by atoms with van der Waals surface area (Å²) in [5, 5.41) is 12.4. The van der Waals surface area contributed by atoms with Crippen LogP contribution < -0.4 is 5.32 Å². The number of aliphatic hydroxyl groups is 1. The van der Waals surface area contributed by atoms with Gasteiger partial charge in [-0.25, -0.2) is 0 Å². The maximum absolute atomic E-state index is 12.1. The summed E-state index contributed by atoms with van der Waals surface area (Å²) in [6.07, 6.45) is 7.56. The Morgan fingerprint density at radius 3 is 2.74 bits per heavy atom. The van der Waals surface area contributed by atoms with E-state index < -0.39 is 0 Å². The van der Waals surface area contributed by atoms with E-state index in [-0.39, 0.29) is 24.5 Å². The Bertz CT molecular complexity index is 428. The van der Waals surface area contributed by atoms with Crippen molar-refractivity contribution in [2.45, 2.75) is 31.7 Å². The van der Waals surface area contributed by atoms with Crippen LogP contribution in [0.5, 0.6) is 0 Å². The average molecular weight is 259 g/mol. The average Bonchev–Trinajstić information content (AvgIpc) is 2.48. The third-order valence-corrected chi connectivity index (χ3v) is 3.53. The van der Waals surface area contributed by atoms with Crippen LogP contribution >= 0.6 is 0 Å². The van der Waals surface area contributed by atoms with Gasteiger partial charge in [0.2, 0.25) is 5.91 Å². The number of nitrogens with one attached hydrogen (secondary N) is 1. The molecule has 1 aliphatic carbocycles. The lowest BCUT2D eigenvalue weighted by Gasteiger charge is -2.22. The second kappa shape index (κ2) is 7.10. The number of aliphatic hydroxyl groups excluding tert-OH is 1. The fourth-order valence-electron chi connectivity index (χ4n) is 2.41. The van der Waals surface area contributed by atoms with Gasteiger partial charge in [0.25, 0.3) is 0 Å². The topological polar surface area (TPSA) is 49.3 Å². The standard InChI is InChI=1S/C16H21NO2/c18-12-15(11-13-7-3-1-4-8-13)17-16(19)14-9-5-2-6-10-14/h1-5,7-8,14-15,18H,6,9-12H2,(H,17,19). The summed E-state index contributed by atoms with van der Waals surface area (Å²) < 4.78 is 0. The maximum Gasteiger partial charge on any atom is 0.223 e. The van der Waals surface area contributed by atoms with Gasteiger partial charge in [0.15, 0.2) is 0 Å². The fourth-order valence-corrected chi connectivity index (χ4v) is 2.41. The first-order valence-electron chi connectivity index (χ1n) is 6.89. The van der Waals surface area contributed by atoms with Crippen LogP contribution in [0.4, 0.5) is 0 Å². The molecule has 2 N–H and O–H groups in total. The molecule has 1 aromatic carbocycles. The molecule has 1 aromatic rings. The van der Waals surface area contributed by atoms with Crippen LogP contribution in [0, 0.1) is 5.92 Å². The number of carbonyl (C=O) groups is 1. The first-order chi connectivity index (χ1) is 9.29. The van der Waals surface area contributed by atoms with Crippen LogP contribution in [-0.4, -0.2) is 23.7 Å². The van der Waals surface area contributed by atoms with Gasteiger partial charge in [-0.05, 0) is 31.2 Å². The number of hydrogen-bond acceptors (Lipinski definition) is 2. The van der Waals surface area contributed by atoms with Crippen molar-refractivity contribution in [1.29, 1.82) is 0 Å². The van der Waals surface area contributed by atoms with Crippen molar-refractivity contribution in [3.05, 3.63) is 48.0 Å². The number of carbonyl (C=O) groups excluding carboxylic acids is 1. The number of rotatable bonds is 5. The molecule has 1 amide bonds. The highest BCUT2D eigenvalue weighted by atomic mass is 16.3. The van der Waals surface area contributed by atoms with Crippen molar-refractivity contribution in [2.75, 3.05) is 6.61 Å². The summed E-state index contributed by atoms with van der Waals surface area (Å²) in [5.41, 5.74) is 1.13. The van der Waals surface area contributed by atoms with Gasteiger partial charge in [-0.1, -0.05) is 42.5 Å². The Kier molecular flexibility index (Phi) is 5.16. The molecule has 0 saturated carbocycles. The highest BCUT2D eigenvalue weighted by Gasteiger charge is 2.21. The number of amides is 1. The van der Waals surface area contributed by atoms with Crippen molar-refractivity contribution >= 4 is 5.91 Å². The predicted molar refractivity (Wildman–Crippen MR) is 75.6 cm³/mol. The molecular weight excluding hydrogens is 238 g/mol. The summed E-state index contributed by atoms with van der Waals surface area (Å²) in [4.78, 5) is 12.1. The van der Waals surface area contributed by atoms with Gasteiger partial charge < -0.3 is 10.4 Å². The third-order valence-electron chi connectivity index (χ3n) is 3.53. The number of allylic oxidation sites excluding steroid dienone is 2. The van der Waals surface area contributed by atoms with Crippen molar-refractivity contribution in [3.63, 3.8) is 0 Å². The monoisotopic (exact) mass is 259 g/mol. The Hall–Kier alpha value is -1.61. The molecule has 0 heterocycles. The minimum Gasteiger partial charge on any atom is -0.394 e. The van der Waals surface area contributed by atoms with Crippen molar-refractivity contribution in [3.8, 4) is 0 Å². The molecule has 0 aromatic heterocycles. The minimum absolute atomic E-state index is 0.0246. The number of benzene rings is 1. The molecule has 1 aliphatic rings. The lowest BCUT2D eigenvalue weighted by Crippen LogP contribution is -2.42. The Labute approximate surface area is 114 Å². The van der Waals surface area contributed by atoms with Crippen LogP contribution in [-0.2, 0) is 11.2 Å². The molecule has 2 rings (SSSR count). The molecule has 0 radical (unpaired) electrons. The molecule has 0 aliphatic heterocycles. The number of hydrogen-bond donors (Lipinski definition) is 2. The first-order valence-corrected chi connectivity index (χ1v) is 6.89. The Morgan fingerprint density at radius 1 is 1.32 bits per heavy atom. The zero-order valence-electron chi connectivity index (χ0n) is 11.1. The lowest BCUT2D eigenvalue weighted by atomic mass is 9.93. The molecule has 3 nitrogen and oxygen atoms in total. The summed E-state index contributed by atoms with van der Waals surface area (Å²) in [6.45, 7) is -0.0246. The van der Waals surface area contributed by atoms with E-state index in [1.165, 1.54) is 0 Å². The van der Waals surface area contributed by atoms with Crippen LogP contribution in [0.3, 0.4) is 0 Å². The maximum atomic E-state index is 12.1. The van der Waals surface area contributed by atoms with Gasteiger partial charge in [-0.15, -0.1) is 0 Å². The van der Waals surface area contributed by atoms with Crippen LogP contribution in [0.2, 0.25) is 0 Å².